The molecule has 2 aromatic rings. The molecule has 0 radical (unpaired) electrons. The number of benzene rings is 2. The van der Waals surface area contributed by atoms with Crippen molar-refractivity contribution in [2.45, 2.75) is 18.7 Å². The van der Waals surface area contributed by atoms with Gasteiger partial charge in [-0.05, 0) is 55.3 Å². The highest BCUT2D eigenvalue weighted by Gasteiger charge is 2.13. The second-order valence-corrected chi connectivity index (χ2v) is 7.89. The molecule has 1 amide bonds. The molecule has 8 heteroatoms. The zero-order chi connectivity index (χ0) is 19.2. The van der Waals surface area contributed by atoms with Crippen LogP contribution in [0.3, 0.4) is 0 Å². The van der Waals surface area contributed by atoms with Gasteiger partial charge in [-0.1, -0.05) is 23.7 Å². The molecule has 0 fully saturated rings. The predicted molar refractivity (Wildman–Crippen MR) is 101 cm³/mol. The maximum absolute atomic E-state index is 12.1. The Hall–Kier alpha value is -2.09. The quantitative estimate of drug-likeness (QED) is 0.671. The monoisotopic (exact) mass is 396 g/mol. The van der Waals surface area contributed by atoms with E-state index >= 15 is 0 Å². The molecule has 0 atom stereocenters. The van der Waals surface area contributed by atoms with Gasteiger partial charge in [0, 0.05) is 18.1 Å². The highest BCUT2D eigenvalue weighted by molar-refractivity contribution is 7.89. The average molecular weight is 397 g/mol. The first kappa shape index (κ1) is 20.2. The Kier molecular flexibility index (Phi) is 7.02. The summed E-state index contributed by atoms with van der Waals surface area (Å²) in [6.45, 7) is 3.99. The lowest BCUT2D eigenvalue weighted by Crippen LogP contribution is -2.36. The molecule has 0 aliphatic rings. The fraction of sp³-hybridized carbons (Fsp3) is 0.278. The van der Waals surface area contributed by atoms with Crippen LogP contribution in [0.15, 0.2) is 47.4 Å². The SMILES string of the molecule is Cc1cccc(OCC(=O)NCCNS(=O)(=O)c2ccc(Cl)cc2)c1C. The summed E-state index contributed by atoms with van der Waals surface area (Å²) >= 11 is 5.74. The maximum Gasteiger partial charge on any atom is 0.257 e. The van der Waals surface area contributed by atoms with Gasteiger partial charge < -0.3 is 10.1 Å². The van der Waals surface area contributed by atoms with Crippen LogP contribution >= 0.6 is 11.6 Å². The number of amides is 1. The van der Waals surface area contributed by atoms with Crippen molar-refractivity contribution in [1.82, 2.24) is 10.0 Å². The van der Waals surface area contributed by atoms with Gasteiger partial charge in [0.25, 0.3) is 5.91 Å². The van der Waals surface area contributed by atoms with Gasteiger partial charge in [-0.25, -0.2) is 13.1 Å². The second kappa shape index (κ2) is 9.02. The average Bonchev–Trinajstić information content (AvgIpc) is 2.60. The van der Waals surface area contributed by atoms with Crippen LogP contribution in [0.5, 0.6) is 5.75 Å². The van der Waals surface area contributed by atoms with Crippen molar-refractivity contribution >= 4 is 27.5 Å². The van der Waals surface area contributed by atoms with Gasteiger partial charge in [0.15, 0.2) is 6.61 Å². The molecule has 0 aliphatic carbocycles. The predicted octanol–water partition coefficient (Wildman–Crippen LogP) is 2.43. The number of sulfonamides is 1. The molecule has 0 unspecified atom stereocenters. The van der Waals surface area contributed by atoms with Gasteiger partial charge in [0.05, 0.1) is 4.90 Å². The summed E-state index contributed by atoms with van der Waals surface area (Å²) in [5.74, 6) is 0.334. The van der Waals surface area contributed by atoms with E-state index in [1.54, 1.807) is 6.07 Å². The summed E-state index contributed by atoms with van der Waals surface area (Å²) in [7, 11) is -3.63. The summed E-state index contributed by atoms with van der Waals surface area (Å²) in [6, 6.07) is 11.5. The van der Waals surface area contributed by atoms with E-state index < -0.39 is 10.0 Å². The van der Waals surface area contributed by atoms with Gasteiger partial charge in [0.2, 0.25) is 10.0 Å². The summed E-state index contributed by atoms with van der Waals surface area (Å²) in [5, 5.41) is 3.07. The van der Waals surface area contributed by atoms with E-state index in [2.05, 4.69) is 10.0 Å². The van der Waals surface area contributed by atoms with Gasteiger partial charge in [-0.3, -0.25) is 4.79 Å². The number of aryl methyl sites for hydroxylation is 1. The molecular weight excluding hydrogens is 376 g/mol. The zero-order valence-electron chi connectivity index (χ0n) is 14.6. The molecule has 2 aromatic carbocycles. The third-order valence-electron chi connectivity index (χ3n) is 3.78. The minimum absolute atomic E-state index is 0.0696. The van der Waals surface area contributed by atoms with Crippen LogP contribution < -0.4 is 14.8 Å². The van der Waals surface area contributed by atoms with Crippen molar-refractivity contribution in [2.75, 3.05) is 19.7 Å². The summed E-state index contributed by atoms with van der Waals surface area (Å²) in [6.07, 6.45) is 0. The Morgan fingerprint density at radius 2 is 1.77 bits per heavy atom. The number of carbonyl (C=O) groups excluding carboxylic acids is 1. The Labute approximate surface area is 158 Å². The van der Waals surface area contributed by atoms with Crippen LogP contribution in [-0.2, 0) is 14.8 Å². The topological polar surface area (TPSA) is 84.5 Å². The Morgan fingerprint density at radius 1 is 1.08 bits per heavy atom. The Balaban J connectivity index is 1.74. The summed E-state index contributed by atoms with van der Waals surface area (Å²) < 4.78 is 32.1. The van der Waals surface area contributed by atoms with Crippen LogP contribution in [0.25, 0.3) is 0 Å². The molecule has 0 aliphatic heterocycles. The first-order valence-electron chi connectivity index (χ1n) is 8.00. The normalized spacial score (nSPS) is 11.2. The molecule has 2 N–H and O–H groups in total. The molecule has 2 rings (SSSR count). The molecule has 0 bridgehead atoms. The molecule has 0 spiro atoms. The summed E-state index contributed by atoms with van der Waals surface area (Å²) in [4.78, 5) is 11.9. The number of rotatable bonds is 8. The third-order valence-corrected chi connectivity index (χ3v) is 5.51. The van der Waals surface area contributed by atoms with E-state index in [1.165, 1.54) is 24.3 Å². The Bertz CT molecular complexity index is 867. The van der Waals surface area contributed by atoms with E-state index in [0.717, 1.165) is 11.1 Å². The van der Waals surface area contributed by atoms with Crippen molar-refractivity contribution in [3.8, 4) is 5.75 Å². The number of ether oxygens (including phenoxy) is 1. The number of nitrogens with one attached hydrogen (secondary N) is 2. The second-order valence-electron chi connectivity index (χ2n) is 5.69. The number of halogens is 1. The summed E-state index contributed by atoms with van der Waals surface area (Å²) in [5.41, 5.74) is 2.07. The van der Waals surface area contributed by atoms with Crippen LogP contribution in [0, 0.1) is 13.8 Å². The zero-order valence-corrected chi connectivity index (χ0v) is 16.2. The highest BCUT2D eigenvalue weighted by atomic mass is 35.5. The van der Waals surface area contributed by atoms with Crippen molar-refractivity contribution in [2.24, 2.45) is 0 Å². The van der Waals surface area contributed by atoms with Gasteiger partial charge in [-0.2, -0.15) is 0 Å². The molecule has 140 valence electrons. The van der Waals surface area contributed by atoms with Crippen LogP contribution in [-0.4, -0.2) is 34.0 Å². The highest BCUT2D eigenvalue weighted by Crippen LogP contribution is 2.20. The fourth-order valence-corrected chi connectivity index (χ4v) is 3.32. The van der Waals surface area contributed by atoms with Gasteiger partial charge in [-0.15, -0.1) is 0 Å². The van der Waals surface area contributed by atoms with E-state index in [0.29, 0.717) is 10.8 Å². The third kappa shape index (κ3) is 5.72. The molecule has 6 nitrogen and oxygen atoms in total. The van der Waals surface area contributed by atoms with Gasteiger partial charge in [0.1, 0.15) is 5.75 Å². The lowest BCUT2D eigenvalue weighted by molar-refractivity contribution is -0.123. The van der Waals surface area contributed by atoms with Crippen molar-refractivity contribution < 1.29 is 17.9 Å². The maximum atomic E-state index is 12.1. The van der Waals surface area contributed by atoms with Crippen LogP contribution in [0.2, 0.25) is 5.02 Å². The molecule has 0 saturated carbocycles. The van der Waals surface area contributed by atoms with Crippen molar-refractivity contribution in [1.29, 1.82) is 0 Å². The first-order valence-corrected chi connectivity index (χ1v) is 9.86. The number of carbonyl (C=O) groups is 1. The van der Waals surface area contributed by atoms with Crippen molar-refractivity contribution in [3.63, 3.8) is 0 Å². The van der Waals surface area contributed by atoms with E-state index in [-0.39, 0.29) is 30.5 Å². The molecule has 0 aromatic heterocycles. The minimum atomic E-state index is -3.63. The fourth-order valence-electron chi connectivity index (χ4n) is 2.16. The van der Waals surface area contributed by atoms with Crippen molar-refractivity contribution in [3.05, 3.63) is 58.6 Å². The van der Waals surface area contributed by atoms with E-state index in [1.807, 2.05) is 26.0 Å². The lowest BCUT2D eigenvalue weighted by Gasteiger charge is -2.11. The van der Waals surface area contributed by atoms with Crippen LogP contribution in [0.4, 0.5) is 0 Å². The molecule has 26 heavy (non-hydrogen) atoms. The molecule has 0 saturated heterocycles. The first-order chi connectivity index (χ1) is 12.3. The van der Waals surface area contributed by atoms with Gasteiger partial charge >= 0.3 is 0 Å². The number of hydrogen-bond donors (Lipinski definition) is 2. The van der Waals surface area contributed by atoms with Crippen LogP contribution in [0.1, 0.15) is 11.1 Å². The minimum Gasteiger partial charge on any atom is -0.483 e. The smallest absolute Gasteiger partial charge is 0.257 e. The molecule has 0 heterocycles. The lowest BCUT2D eigenvalue weighted by atomic mass is 10.1. The molecular formula is C18H21ClN2O4S. The Morgan fingerprint density at radius 3 is 2.46 bits per heavy atom. The largest absolute Gasteiger partial charge is 0.483 e. The standard InChI is InChI=1S/C18H21ClN2O4S/c1-13-4-3-5-17(14(13)2)25-12-18(22)20-10-11-21-26(23,24)16-8-6-15(19)7-9-16/h3-9,21H,10-12H2,1-2H3,(H,20,22). The van der Waals surface area contributed by atoms with E-state index in [9.17, 15) is 13.2 Å². The van der Waals surface area contributed by atoms with E-state index in [4.69, 9.17) is 16.3 Å². The number of hydrogen-bond acceptors (Lipinski definition) is 4.